The van der Waals surface area contributed by atoms with E-state index in [1.165, 1.54) is 0 Å². The molecule has 0 aromatic heterocycles. The molecule has 1 saturated heterocycles. The zero-order chi connectivity index (χ0) is 23.5. The van der Waals surface area contributed by atoms with E-state index >= 15 is 0 Å². The third kappa shape index (κ3) is 6.77. The van der Waals surface area contributed by atoms with Crippen LogP contribution in [0.2, 0.25) is 0 Å². The molecule has 178 valence electrons. The van der Waals surface area contributed by atoms with E-state index in [2.05, 4.69) is 39.8 Å². The summed E-state index contributed by atoms with van der Waals surface area (Å²) in [6.45, 7) is 13.4. The molecule has 2 heterocycles. The van der Waals surface area contributed by atoms with Crippen LogP contribution < -0.4 is 0 Å². The maximum absolute atomic E-state index is 12.3. The lowest BCUT2D eigenvalue weighted by Gasteiger charge is -2.44. The summed E-state index contributed by atoms with van der Waals surface area (Å²) in [6.07, 6.45) is 2.46. The summed E-state index contributed by atoms with van der Waals surface area (Å²) in [7, 11) is 4.17. The summed E-state index contributed by atoms with van der Waals surface area (Å²) < 4.78 is 24.1. The molecule has 0 spiro atoms. The van der Waals surface area contributed by atoms with Crippen LogP contribution in [-0.2, 0) is 28.5 Å². The van der Waals surface area contributed by atoms with Gasteiger partial charge in [-0.2, -0.15) is 0 Å². The lowest BCUT2D eigenvalue weighted by molar-refractivity contribution is -0.256. The molecule has 31 heavy (non-hydrogen) atoms. The molecule has 7 heteroatoms. The first kappa shape index (κ1) is 25.8. The molecule has 3 unspecified atom stereocenters. The number of hydrogen-bond donors (Lipinski definition) is 0. The number of esters is 1. The minimum Gasteiger partial charge on any atom is -0.457 e. The van der Waals surface area contributed by atoms with Crippen LogP contribution in [0, 0.1) is 17.8 Å². The molecule has 0 radical (unpaired) electrons. The zero-order valence-corrected chi connectivity index (χ0v) is 20.6. The largest absolute Gasteiger partial charge is 0.457 e. The van der Waals surface area contributed by atoms with Crippen molar-refractivity contribution < 1.29 is 28.5 Å². The van der Waals surface area contributed by atoms with Gasteiger partial charge in [0.1, 0.15) is 12.0 Å². The number of carbonyl (C=O) groups is 2. The maximum Gasteiger partial charge on any atom is 0.340 e. The van der Waals surface area contributed by atoms with Crippen LogP contribution in [0.25, 0.3) is 0 Å². The first-order valence-corrected chi connectivity index (χ1v) is 11.4. The lowest BCUT2D eigenvalue weighted by Crippen LogP contribution is -2.50. The first-order valence-electron chi connectivity index (χ1n) is 11.4. The SMILES string of the molecule is CC1=C(C[C@@H](O[C@@H]2OC(C)CC(N(C)C)C2C)[C@@H](C)C[C@@H](C)C=O)OC(C)(C)OC1=O. The monoisotopic (exact) mass is 439 g/mol. The fraction of sp³-hybridized carbons (Fsp3) is 0.833. The molecular weight excluding hydrogens is 398 g/mol. The highest BCUT2D eigenvalue weighted by atomic mass is 16.7. The number of ether oxygens (including phenoxy) is 4. The molecule has 7 atom stereocenters. The Morgan fingerprint density at radius 1 is 1.23 bits per heavy atom. The Morgan fingerprint density at radius 3 is 2.45 bits per heavy atom. The van der Waals surface area contributed by atoms with Gasteiger partial charge in [-0.3, -0.25) is 0 Å². The van der Waals surface area contributed by atoms with Crippen molar-refractivity contribution in [2.45, 2.75) is 98.1 Å². The minimum atomic E-state index is -1.02. The first-order chi connectivity index (χ1) is 14.3. The maximum atomic E-state index is 12.3. The molecule has 2 rings (SSSR count). The van der Waals surface area contributed by atoms with E-state index in [9.17, 15) is 9.59 Å². The van der Waals surface area contributed by atoms with Gasteiger partial charge in [-0.1, -0.05) is 20.8 Å². The van der Waals surface area contributed by atoms with Gasteiger partial charge in [-0.05, 0) is 46.7 Å². The Balaban J connectivity index is 2.27. The number of carbonyl (C=O) groups excluding carboxylic acids is 2. The van der Waals surface area contributed by atoms with Crippen molar-refractivity contribution in [3.8, 4) is 0 Å². The van der Waals surface area contributed by atoms with Crippen LogP contribution in [-0.4, -0.2) is 61.6 Å². The summed E-state index contributed by atoms with van der Waals surface area (Å²) in [5.74, 6) is -0.651. The van der Waals surface area contributed by atoms with Crippen molar-refractivity contribution in [3.05, 3.63) is 11.3 Å². The van der Waals surface area contributed by atoms with Crippen molar-refractivity contribution >= 4 is 12.3 Å². The highest BCUT2D eigenvalue weighted by Crippen LogP contribution is 2.35. The molecule has 0 bridgehead atoms. The van der Waals surface area contributed by atoms with E-state index in [1.807, 2.05) is 6.92 Å². The van der Waals surface area contributed by atoms with Gasteiger partial charge in [0.2, 0.25) is 5.79 Å². The number of cyclic esters (lactones) is 1. The Kier molecular flexibility index (Phi) is 8.70. The van der Waals surface area contributed by atoms with Crippen LogP contribution in [0.3, 0.4) is 0 Å². The number of nitrogens with zero attached hydrogens (tertiary/aromatic N) is 1. The number of hydrogen-bond acceptors (Lipinski definition) is 7. The third-order valence-corrected chi connectivity index (χ3v) is 6.38. The Hall–Kier alpha value is -1.44. The summed E-state index contributed by atoms with van der Waals surface area (Å²) in [6, 6.07) is 0.347. The second kappa shape index (κ2) is 10.5. The molecule has 0 aromatic rings. The molecule has 1 fully saturated rings. The molecule has 2 aliphatic rings. The van der Waals surface area contributed by atoms with Crippen molar-refractivity contribution in [1.82, 2.24) is 4.90 Å². The van der Waals surface area contributed by atoms with Crippen LogP contribution in [0.4, 0.5) is 0 Å². The van der Waals surface area contributed by atoms with Crippen LogP contribution in [0.5, 0.6) is 0 Å². The van der Waals surface area contributed by atoms with Crippen LogP contribution >= 0.6 is 0 Å². The van der Waals surface area contributed by atoms with Crippen LogP contribution in [0.1, 0.15) is 67.7 Å². The quantitative estimate of drug-likeness (QED) is 0.398. The smallest absolute Gasteiger partial charge is 0.340 e. The molecule has 7 nitrogen and oxygen atoms in total. The summed E-state index contributed by atoms with van der Waals surface area (Å²) >= 11 is 0. The van der Waals surface area contributed by atoms with E-state index in [0.29, 0.717) is 30.2 Å². The topological polar surface area (TPSA) is 74.3 Å². The molecule has 0 N–H and O–H groups in total. The van der Waals surface area contributed by atoms with Gasteiger partial charge >= 0.3 is 5.97 Å². The van der Waals surface area contributed by atoms with Crippen molar-refractivity contribution in [3.63, 3.8) is 0 Å². The standard InChI is InChI=1S/C24H41NO6/c1-14(13-26)10-15(2)20(12-21-18(5)22(27)31-24(6,7)30-21)29-23-17(4)19(25(8)9)11-16(3)28-23/h13-17,19-20,23H,10-12H2,1-9H3/t14-,15+,16?,17?,19?,20-,23+/m1/s1. The zero-order valence-electron chi connectivity index (χ0n) is 20.6. The van der Waals surface area contributed by atoms with Gasteiger partial charge in [-0.25, -0.2) is 4.79 Å². The molecular formula is C24H41NO6. The van der Waals surface area contributed by atoms with E-state index in [1.54, 1.807) is 20.8 Å². The Morgan fingerprint density at radius 2 is 1.87 bits per heavy atom. The van der Waals surface area contributed by atoms with Gasteiger partial charge in [0.25, 0.3) is 0 Å². The molecule has 0 aliphatic carbocycles. The summed E-state index contributed by atoms with van der Waals surface area (Å²) in [4.78, 5) is 25.8. The normalized spacial score (nSPS) is 31.6. The number of rotatable bonds is 9. The van der Waals surface area contributed by atoms with Gasteiger partial charge < -0.3 is 28.6 Å². The average molecular weight is 440 g/mol. The molecule has 0 aromatic carbocycles. The van der Waals surface area contributed by atoms with Crippen LogP contribution in [0.15, 0.2) is 11.3 Å². The highest BCUT2D eigenvalue weighted by molar-refractivity contribution is 5.89. The van der Waals surface area contributed by atoms with E-state index in [0.717, 1.165) is 12.7 Å². The van der Waals surface area contributed by atoms with Gasteiger partial charge in [0.05, 0.1) is 17.8 Å². The van der Waals surface area contributed by atoms with Gasteiger partial charge in [-0.15, -0.1) is 0 Å². The Bertz CT molecular complexity index is 673. The molecule has 0 amide bonds. The predicted molar refractivity (Wildman–Crippen MR) is 118 cm³/mol. The van der Waals surface area contributed by atoms with E-state index in [4.69, 9.17) is 18.9 Å². The second-order valence-electron chi connectivity index (χ2n) is 10.1. The lowest BCUT2D eigenvalue weighted by atomic mass is 9.89. The summed E-state index contributed by atoms with van der Waals surface area (Å²) in [5.41, 5.74) is 0.459. The van der Waals surface area contributed by atoms with E-state index in [-0.39, 0.29) is 42.2 Å². The number of aldehydes is 1. The van der Waals surface area contributed by atoms with Crippen molar-refractivity contribution in [2.75, 3.05) is 14.1 Å². The molecule has 0 saturated carbocycles. The van der Waals surface area contributed by atoms with Crippen molar-refractivity contribution in [1.29, 1.82) is 0 Å². The summed E-state index contributed by atoms with van der Waals surface area (Å²) in [5, 5.41) is 0. The Labute approximate surface area is 187 Å². The average Bonchev–Trinajstić information content (AvgIpc) is 2.66. The predicted octanol–water partition coefficient (Wildman–Crippen LogP) is 3.91. The third-order valence-electron chi connectivity index (χ3n) is 6.38. The van der Waals surface area contributed by atoms with Crippen molar-refractivity contribution in [2.24, 2.45) is 17.8 Å². The fourth-order valence-corrected chi connectivity index (χ4v) is 4.52. The van der Waals surface area contributed by atoms with Gasteiger partial charge in [0.15, 0.2) is 6.29 Å². The molecule has 2 aliphatic heterocycles. The fourth-order valence-electron chi connectivity index (χ4n) is 4.52. The van der Waals surface area contributed by atoms with Gasteiger partial charge in [0, 0.05) is 38.1 Å². The minimum absolute atomic E-state index is 0.0657. The highest BCUT2D eigenvalue weighted by Gasteiger charge is 2.40. The van der Waals surface area contributed by atoms with E-state index < -0.39 is 5.79 Å². The second-order valence-corrected chi connectivity index (χ2v) is 10.1.